The number of carbonyl (C=O) groups is 2. The van der Waals surface area contributed by atoms with Crippen molar-refractivity contribution in [3.05, 3.63) is 72.9 Å². The summed E-state index contributed by atoms with van der Waals surface area (Å²) in [7, 11) is 0. The average molecular weight is 978 g/mol. The Labute approximate surface area is 435 Å². The number of unbranched alkanes of at least 4 members (excludes halogenated alkanes) is 36. The number of allylic oxidation sites excluding steroid dienone is 12. The lowest BCUT2D eigenvalue weighted by Gasteiger charge is -2.15. The third-order valence-electron chi connectivity index (χ3n) is 13.5. The molecule has 1 N–H and O–H groups in total. The van der Waals surface area contributed by atoms with Gasteiger partial charge in [0, 0.05) is 12.8 Å². The van der Waals surface area contributed by atoms with E-state index >= 15 is 0 Å². The number of rotatable bonds is 56. The Hall–Kier alpha value is -2.66. The fourth-order valence-corrected chi connectivity index (χ4v) is 8.93. The predicted molar refractivity (Wildman–Crippen MR) is 306 cm³/mol. The molecule has 0 radical (unpaired) electrons. The van der Waals surface area contributed by atoms with Crippen LogP contribution >= 0.6 is 0 Å². The number of ether oxygens (including phenoxy) is 2. The van der Waals surface area contributed by atoms with Gasteiger partial charge in [-0.15, -0.1) is 0 Å². The molecule has 0 aromatic rings. The van der Waals surface area contributed by atoms with E-state index in [-0.39, 0.29) is 25.2 Å². The van der Waals surface area contributed by atoms with Crippen molar-refractivity contribution >= 4 is 11.9 Å². The van der Waals surface area contributed by atoms with Crippen LogP contribution < -0.4 is 0 Å². The molecule has 0 bridgehead atoms. The van der Waals surface area contributed by atoms with Crippen LogP contribution in [0.25, 0.3) is 0 Å². The zero-order valence-corrected chi connectivity index (χ0v) is 46.5. The summed E-state index contributed by atoms with van der Waals surface area (Å²) in [6.07, 6.45) is 83.2. The van der Waals surface area contributed by atoms with Crippen LogP contribution in [-0.4, -0.2) is 36.4 Å². The van der Waals surface area contributed by atoms with E-state index in [2.05, 4.69) is 86.8 Å². The first-order valence-corrected chi connectivity index (χ1v) is 30.5. The molecule has 0 rings (SSSR count). The Balaban J connectivity index is 3.45. The van der Waals surface area contributed by atoms with Gasteiger partial charge in [0.05, 0.1) is 6.61 Å². The summed E-state index contributed by atoms with van der Waals surface area (Å²) in [6, 6.07) is 0. The zero-order valence-electron chi connectivity index (χ0n) is 46.5. The van der Waals surface area contributed by atoms with Crippen LogP contribution in [0.2, 0.25) is 0 Å². The molecule has 0 aliphatic rings. The molecule has 0 fully saturated rings. The minimum atomic E-state index is -0.774. The fraction of sp³-hybridized carbons (Fsp3) is 0.785. The Morgan fingerprint density at radius 3 is 0.929 bits per heavy atom. The molecule has 0 saturated heterocycles. The van der Waals surface area contributed by atoms with Gasteiger partial charge in [0.25, 0.3) is 0 Å². The molecular formula is C65H116O5. The van der Waals surface area contributed by atoms with Crippen molar-refractivity contribution < 1.29 is 24.2 Å². The topological polar surface area (TPSA) is 72.8 Å². The second kappa shape index (κ2) is 60.6. The SMILES string of the molecule is CC/C=C\C/C=C\C/C=C\C/C=C\CCCCCCCCCCCCCCCCCCC(=O)OC(CO)COC(=O)CCCCCCCCCCCCCCCCC/C=C\C/C=C\CCCCCCC. The fourth-order valence-electron chi connectivity index (χ4n) is 8.93. The first-order chi connectivity index (χ1) is 34.6. The Morgan fingerprint density at radius 1 is 0.343 bits per heavy atom. The lowest BCUT2D eigenvalue weighted by molar-refractivity contribution is -0.161. The predicted octanol–water partition coefficient (Wildman–Crippen LogP) is 20.8. The van der Waals surface area contributed by atoms with Crippen molar-refractivity contribution in [1.29, 1.82) is 0 Å². The van der Waals surface area contributed by atoms with Gasteiger partial charge in [-0.1, -0.05) is 286 Å². The molecule has 5 heteroatoms. The molecule has 1 unspecified atom stereocenters. The summed E-state index contributed by atoms with van der Waals surface area (Å²) in [6.45, 7) is 4.05. The normalized spacial score (nSPS) is 12.7. The van der Waals surface area contributed by atoms with Crippen molar-refractivity contribution in [3.8, 4) is 0 Å². The summed E-state index contributed by atoms with van der Waals surface area (Å²) < 4.78 is 10.7. The molecular weight excluding hydrogens is 861 g/mol. The second-order valence-electron chi connectivity index (χ2n) is 20.4. The molecule has 0 amide bonds. The van der Waals surface area contributed by atoms with Crippen LogP contribution in [0.15, 0.2) is 72.9 Å². The van der Waals surface area contributed by atoms with Crippen LogP contribution in [0, 0.1) is 0 Å². The van der Waals surface area contributed by atoms with E-state index in [4.69, 9.17) is 9.47 Å². The third-order valence-corrected chi connectivity index (χ3v) is 13.5. The highest BCUT2D eigenvalue weighted by atomic mass is 16.6. The molecule has 5 nitrogen and oxygen atoms in total. The van der Waals surface area contributed by atoms with Gasteiger partial charge in [-0.2, -0.15) is 0 Å². The molecule has 406 valence electrons. The second-order valence-corrected chi connectivity index (χ2v) is 20.4. The van der Waals surface area contributed by atoms with Crippen molar-refractivity contribution in [3.63, 3.8) is 0 Å². The molecule has 0 aliphatic carbocycles. The van der Waals surface area contributed by atoms with E-state index in [1.54, 1.807) is 0 Å². The van der Waals surface area contributed by atoms with E-state index in [9.17, 15) is 14.7 Å². The lowest BCUT2D eigenvalue weighted by Crippen LogP contribution is -2.28. The molecule has 1 atom stereocenters. The lowest BCUT2D eigenvalue weighted by atomic mass is 10.0. The van der Waals surface area contributed by atoms with Crippen LogP contribution in [-0.2, 0) is 19.1 Å². The van der Waals surface area contributed by atoms with Gasteiger partial charge < -0.3 is 14.6 Å². The smallest absolute Gasteiger partial charge is 0.306 e. The maximum atomic E-state index is 12.3. The first-order valence-electron chi connectivity index (χ1n) is 30.5. The summed E-state index contributed by atoms with van der Waals surface area (Å²) in [5, 5.41) is 9.67. The Bertz CT molecular complexity index is 1240. The third kappa shape index (κ3) is 57.9. The van der Waals surface area contributed by atoms with Crippen molar-refractivity contribution in [2.45, 2.75) is 315 Å². The van der Waals surface area contributed by atoms with Gasteiger partial charge in [0.15, 0.2) is 6.10 Å². The average Bonchev–Trinajstić information content (AvgIpc) is 3.36. The first kappa shape index (κ1) is 67.3. The van der Waals surface area contributed by atoms with Gasteiger partial charge in [-0.05, 0) is 83.5 Å². The summed E-state index contributed by atoms with van der Waals surface area (Å²) in [4.78, 5) is 24.6. The molecule has 0 aromatic heterocycles. The summed E-state index contributed by atoms with van der Waals surface area (Å²) >= 11 is 0. The highest BCUT2D eigenvalue weighted by Crippen LogP contribution is 2.17. The van der Waals surface area contributed by atoms with E-state index in [0.717, 1.165) is 70.6 Å². The number of hydrogen-bond donors (Lipinski definition) is 1. The van der Waals surface area contributed by atoms with Crippen LogP contribution in [0.1, 0.15) is 309 Å². The van der Waals surface area contributed by atoms with Crippen molar-refractivity contribution in [2.75, 3.05) is 13.2 Å². The Kier molecular flexibility index (Phi) is 58.3. The molecule has 0 heterocycles. The standard InChI is InChI=1S/C65H116O5/c1-3-5-7-9-11-13-15-17-19-21-23-25-27-29-31-32-34-36-38-40-42-44-46-48-50-52-54-56-58-60-65(68)70-63(61-66)62-69-64(67)59-57-55-53-51-49-47-45-43-41-39-37-35-33-30-28-26-24-22-20-18-16-14-12-10-8-6-4-2/h5,7,11,13,16-19,22-25,63,66H,3-4,6,8-10,12,14-15,20-21,26-62H2,1-2H3/b7-5-,13-11-,18-16-,19-17-,24-22-,25-23-. The number of aliphatic hydroxyl groups is 1. The minimum absolute atomic E-state index is 0.0646. The number of carbonyl (C=O) groups excluding carboxylic acids is 2. The molecule has 0 spiro atoms. The van der Waals surface area contributed by atoms with Gasteiger partial charge in [-0.25, -0.2) is 0 Å². The molecule has 0 aromatic carbocycles. The largest absolute Gasteiger partial charge is 0.462 e. The number of esters is 2. The number of aliphatic hydroxyl groups excluding tert-OH is 1. The van der Waals surface area contributed by atoms with Crippen LogP contribution in [0.3, 0.4) is 0 Å². The molecule has 70 heavy (non-hydrogen) atoms. The van der Waals surface area contributed by atoms with E-state index in [1.807, 2.05) is 0 Å². The monoisotopic (exact) mass is 977 g/mol. The minimum Gasteiger partial charge on any atom is -0.462 e. The Morgan fingerprint density at radius 2 is 0.614 bits per heavy atom. The van der Waals surface area contributed by atoms with Gasteiger partial charge >= 0.3 is 11.9 Å². The summed E-state index contributed by atoms with van der Waals surface area (Å²) in [5.74, 6) is -0.579. The van der Waals surface area contributed by atoms with E-state index < -0.39 is 6.10 Å². The van der Waals surface area contributed by atoms with E-state index in [1.165, 1.54) is 212 Å². The summed E-state index contributed by atoms with van der Waals surface area (Å²) in [5.41, 5.74) is 0. The van der Waals surface area contributed by atoms with Crippen molar-refractivity contribution in [1.82, 2.24) is 0 Å². The maximum Gasteiger partial charge on any atom is 0.306 e. The maximum absolute atomic E-state index is 12.3. The quantitative estimate of drug-likeness (QED) is 0.0373. The highest BCUT2D eigenvalue weighted by molar-refractivity contribution is 5.70. The zero-order chi connectivity index (χ0) is 50.6. The van der Waals surface area contributed by atoms with Crippen LogP contribution in [0.5, 0.6) is 0 Å². The van der Waals surface area contributed by atoms with Gasteiger partial charge in [0.1, 0.15) is 6.61 Å². The molecule has 0 saturated carbocycles. The van der Waals surface area contributed by atoms with Gasteiger partial charge in [0.2, 0.25) is 0 Å². The molecule has 0 aliphatic heterocycles. The highest BCUT2D eigenvalue weighted by Gasteiger charge is 2.16. The van der Waals surface area contributed by atoms with Crippen molar-refractivity contribution in [2.24, 2.45) is 0 Å². The van der Waals surface area contributed by atoms with Gasteiger partial charge in [-0.3, -0.25) is 9.59 Å². The van der Waals surface area contributed by atoms with Crippen LogP contribution in [0.4, 0.5) is 0 Å². The van der Waals surface area contributed by atoms with E-state index in [0.29, 0.717) is 12.8 Å². The number of hydrogen-bond acceptors (Lipinski definition) is 5.